The number of Topliss-reactive ketones (excluding diaryl/α,β-unsaturated/α-hetero) is 2. The van der Waals surface area contributed by atoms with Crippen LogP contribution in [-0.2, 0) is 27.3 Å². The van der Waals surface area contributed by atoms with E-state index < -0.39 is 58.0 Å². The van der Waals surface area contributed by atoms with Crippen molar-refractivity contribution < 1.29 is 39.5 Å². The summed E-state index contributed by atoms with van der Waals surface area (Å²) in [4.78, 5) is 42.9. The molecule has 40 heavy (non-hydrogen) atoms. The van der Waals surface area contributed by atoms with E-state index in [1.807, 2.05) is 0 Å². The van der Waals surface area contributed by atoms with Crippen molar-refractivity contribution in [1.29, 1.82) is 0 Å². The zero-order chi connectivity index (χ0) is 29.3. The molecule has 0 spiro atoms. The second-order valence-corrected chi connectivity index (χ2v) is 11.8. The van der Waals surface area contributed by atoms with Crippen LogP contribution in [0.25, 0.3) is 0 Å². The number of amides is 1. The van der Waals surface area contributed by atoms with Gasteiger partial charge in [-0.1, -0.05) is 11.6 Å². The maximum Gasteiger partial charge on any atom is 0.255 e. The molecule has 4 aliphatic rings. The van der Waals surface area contributed by atoms with E-state index in [1.165, 1.54) is 11.0 Å². The standard InChI is InChI=1S/C28H34ClN3O8/c1-31(2)22-16-9-12-8-15-19(17(33)10-13(21(15)29)11-32-6-4-14(40-3)5-7-32)23(34)18(12)25(36)28(16,39)26(37)20(24(22)35)27(30)38/h10,12,14,16,22,33,35-36,39H,4-9,11H2,1-3H3,(H2,30,38)/t12-,16-,22-,28-/m0/s1. The maximum absolute atomic E-state index is 13.8. The van der Waals surface area contributed by atoms with Crippen LogP contribution in [0.3, 0.4) is 0 Å². The molecule has 0 radical (unpaired) electrons. The minimum Gasteiger partial charge on any atom is -0.510 e. The molecule has 3 aliphatic carbocycles. The van der Waals surface area contributed by atoms with Crippen LogP contribution in [0.5, 0.6) is 5.75 Å². The summed E-state index contributed by atoms with van der Waals surface area (Å²) in [5.74, 6) is -6.85. The van der Waals surface area contributed by atoms with Gasteiger partial charge in [0.2, 0.25) is 5.78 Å². The molecule has 1 aliphatic heterocycles. The predicted molar refractivity (Wildman–Crippen MR) is 144 cm³/mol. The Labute approximate surface area is 236 Å². The number of aliphatic hydroxyl groups is 3. The van der Waals surface area contributed by atoms with E-state index in [9.17, 15) is 34.8 Å². The van der Waals surface area contributed by atoms with Crippen LogP contribution in [-0.4, -0.2) is 99.7 Å². The second-order valence-electron chi connectivity index (χ2n) is 11.4. The number of hydrogen-bond acceptors (Lipinski definition) is 10. The first-order valence-corrected chi connectivity index (χ1v) is 13.6. The number of halogens is 1. The Morgan fingerprint density at radius 3 is 2.45 bits per heavy atom. The van der Waals surface area contributed by atoms with Crippen molar-refractivity contribution in [3.63, 3.8) is 0 Å². The first-order chi connectivity index (χ1) is 18.8. The summed E-state index contributed by atoms with van der Waals surface area (Å²) in [6, 6.07) is 0.398. The number of piperidine rings is 1. The fourth-order valence-corrected chi connectivity index (χ4v) is 7.30. The molecule has 216 valence electrons. The van der Waals surface area contributed by atoms with Gasteiger partial charge in [-0.2, -0.15) is 0 Å². The van der Waals surface area contributed by atoms with Gasteiger partial charge in [0.25, 0.3) is 5.91 Å². The molecule has 6 N–H and O–H groups in total. The van der Waals surface area contributed by atoms with Crippen LogP contribution in [0.1, 0.15) is 40.7 Å². The van der Waals surface area contributed by atoms with Crippen LogP contribution in [0.4, 0.5) is 0 Å². The van der Waals surface area contributed by atoms with Crippen LogP contribution in [0, 0.1) is 11.8 Å². The van der Waals surface area contributed by atoms with Gasteiger partial charge in [-0.3, -0.25) is 24.2 Å². The summed E-state index contributed by atoms with van der Waals surface area (Å²) < 4.78 is 5.44. The average molecular weight is 576 g/mol. The number of likely N-dealkylation sites (N-methyl/N-ethyl adjacent to an activating group) is 1. The van der Waals surface area contributed by atoms with Gasteiger partial charge in [-0.25, -0.2) is 0 Å². The third kappa shape index (κ3) is 4.14. The van der Waals surface area contributed by atoms with Gasteiger partial charge in [0, 0.05) is 43.3 Å². The number of hydrogen-bond donors (Lipinski definition) is 5. The first kappa shape index (κ1) is 28.6. The van der Waals surface area contributed by atoms with E-state index in [1.54, 1.807) is 21.2 Å². The number of carbonyl (C=O) groups is 3. The number of carbonyl (C=O) groups excluding carboxylic acids is 3. The highest BCUT2D eigenvalue weighted by Crippen LogP contribution is 2.53. The quantitative estimate of drug-likeness (QED) is 0.323. The molecule has 1 fully saturated rings. The molecule has 4 atom stereocenters. The van der Waals surface area contributed by atoms with Crippen LogP contribution >= 0.6 is 11.6 Å². The van der Waals surface area contributed by atoms with E-state index >= 15 is 0 Å². The molecule has 11 nitrogen and oxygen atoms in total. The monoisotopic (exact) mass is 575 g/mol. The number of methoxy groups -OCH3 is 1. The summed E-state index contributed by atoms with van der Waals surface area (Å²) in [6.45, 7) is 2.05. The molecule has 0 aromatic heterocycles. The van der Waals surface area contributed by atoms with E-state index in [0.29, 0.717) is 22.7 Å². The first-order valence-electron chi connectivity index (χ1n) is 13.3. The summed E-state index contributed by atoms with van der Waals surface area (Å²) in [5, 5.41) is 45.2. The molecule has 1 aromatic carbocycles. The molecule has 5 rings (SSSR count). The molecule has 0 bridgehead atoms. The Morgan fingerprint density at radius 1 is 1.23 bits per heavy atom. The van der Waals surface area contributed by atoms with Crippen molar-refractivity contribution in [2.45, 2.75) is 50.0 Å². The highest BCUT2D eigenvalue weighted by molar-refractivity contribution is 6.33. The Kier molecular flexibility index (Phi) is 7.25. The van der Waals surface area contributed by atoms with Gasteiger partial charge in [0.15, 0.2) is 11.4 Å². The lowest BCUT2D eigenvalue weighted by molar-refractivity contribution is -0.148. The number of ketones is 2. The number of nitrogens with two attached hydrogens (primary N) is 1. The third-order valence-electron chi connectivity index (χ3n) is 8.99. The number of aromatic hydroxyl groups is 1. The number of fused-ring (bicyclic) bond motifs is 3. The molecular formula is C28H34ClN3O8. The topological polar surface area (TPSA) is 174 Å². The second kappa shape index (κ2) is 10.1. The average Bonchev–Trinajstić information content (AvgIpc) is 2.89. The van der Waals surface area contributed by atoms with Gasteiger partial charge in [-0.15, -0.1) is 0 Å². The third-order valence-corrected chi connectivity index (χ3v) is 9.46. The van der Waals surface area contributed by atoms with Gasteiger partial charge >= 0.3 is 0 Å². The molecule has 1 saturated heterocycles. The summed E-state index contributed by atoms with van der Waals surface area (Å²) >= 11 is 6.85. The van der Waals surface area contributed by atoms with Crippen molar-refractivity contribution in [1.82, 2.24) is 9.80 Å². The highest BCUT2D eigenvalue weighted by atomic mass is 35.5. The van der Waals surface area contributed by atoms with E-state index in [4.69, 9.17) is 22.1 Å². The van der Waals surface area contributed by atoms with Crippen LogP contribution in [0.2, 0.25) is 5.02 Å². The van der Waals surface area contributed by atoms with Crippen molar-refractivity contribution in [3.05, 3.63) is 50.4 Å². The van der Waals surface area contributed by atoms with E-state index in [0.717, 1.165) is 25.9 Å². The van der Waals surface area contributed by atoms with Crippen LogP contribution in [0.15, 0.2) is 28.7 Å². The Bertz CT molecular complexity index is 1360. The lowest BCUT2D eigenvalue weighted by Gasteiger charge is -2.50. The molecule has 1 amide bonds. The number of phenolic OH excluding ortho intramolecular Hbond substituents is 1. The molecule has 12 heteroatoms. The van der Waals surface area contributed by atoms with Crippen molar-refractivity contribution in [3.8, 4) is 5.75 Å². The SMILES string of the molecule is COC1CCN(Cc2cc(O)c3c(c2Cl)C[C@H]2C[C@H]4[C@H](N(C)C)C(O)=C(C(N)=O)C(=O)[C@@]4(O)C(O)=C2C3=O)CC1. The van der Waals surface area contributed by atoms with Crippen LogP contribution < -0.4 is 5.73 Å². The number of benzene rings is 1. The van der Waals surface area contributed by atoms with Crippen molar-refractivity contribution >= 4 is 29.1 Å². The molecule has 0 unspecified atom stereocenters. The smallest absolute Gasteiger partial charge is 0.255 e. The lowest BCUT2D eigenvalue weighted by atomic mass is 9.58. The highest BCUT2D eigenvalue weighted by Gasteiger charge is 2.63. The summed E-state index contributed by atoms with van der Waals surface area (Å²) in [5.41, 5.74) is 2.66. The minimum atomic E-state index is -2.67. The molecule has 0 saturated carbocycles. The molecule has 1 aromatic rings. The van der Waals surface area contributed by atoms with Gasteiger partial charge in [0.1, 0.15) is 22.8 Å². The van der Waals surface area contributed by atoms with Crippen molar-refractivity contribution in [2.24, 2.45) is 17.6 Å². The Hall–Kier alpha value is -2.96. The zero-order valence-electron chi connectivity index (χ0n) is 22.6. The number of aliphatic hydroxyl groups excluding tert-OH is 2. The lowest BCUT2D eigenvalue weighted by Crippen LogP contribution is -2.63. The number of likely N-dealkylation sites (tertiary alicyclic amines) is 1. The molecule has 1 heterocycles. The van der Waals surface area contributed by atoms with Gasteiger partial charge in [-0.05, 0) is 62.9 Å². The maximum atomic E-state index is 13.8. The fraction of sp³-hybridized carbons (Fsp3) is 0.536. The Balaban J connectivity index is 1.57. The fourth-order valence-electron chi connectivity index (χ4n) is 7.01. The van der Waals surface area contributed by atoms with E-state index in [2.05, 4.69) is 4.90 Å². The zero-order valence-corrected chi connectivity index (χ0v) is 23.4. The van der Waals surface area contributed by atoms with E-state index in [-0.39, 0.29) is 35.8 Å². The largest absolute Gasteiger partial charge is 0.510 e. The number of ether oxygens (including phenoxy) is 1. The summed E-state index contributed by atoms with van der Waals surface area (Å²) in [7, 11) is 4.87. The summed E-state index contributed by atoms with van der Waals surface area (Å²) in [6.07, 6.45) is 2.11. The van der Waals surface area contributed by atoms with Gasteiger partial charge in [0.05, 0.1) is 17.7 Å². The Morgan fingerprint density at radius 2 is 1.88 bits per heavy atom. The molecular weight excluding hydrogens is 542 g/mol. The number of primary amides is 1. The van der Waals surface area contributed by atoms with Gasteiger partial charge < -0.3 is 30.9 Å². The number of rotatable bonds is 5. The number of allylic oxidation sites excluding steroid dienone is 1. The minimum absolute atomic E-state index is 0.0115. The number of nitrogens with zero attached hydrogens (tertiary/aromatic N) is 2. The normalized spacial score (nSPS) is 29.5. The number of phenols is 1. The van der Waals surface area contributed by atoms with Crippen molar-refractivity contribution in [2.75, 3.05) is 34.3 Å². The predicted octanol–water partition coefficient (Wildman–Crippen LogP) is 1.38.